The van der Waals surface area contributed by atoms with Crippen molar-refractivity contribution in [3.05, 3.63) is 47.9 Å². The van der Waals surface area contributed by atoms with Crippen molar-refractivity contribution in [2.45, 2.75) is 12.1 Å². The van der Waals surface area contributed by atoms with Crippen LogP contribution in [-0.2, 0) is 10.0 Å². The Balaban J connectivity index is 2.05. The zero-order chi connectivity index (χ0) is 15.9. The van der Waals surface area contributed by atoms with E-state index in [-0.39, 0.29) is 5.65 Å². The quantitative estimate of drug-likeness (QED) is 0.788. The van der Waals surface area contributed by atoms with E-state index in [9.17, 15) is 17.2 Å². The number of hydrogen-bond acceptors (Lipinski definition) is 5. The molecule has 7 nitrogen and oxygen atoms in total. The lowest BCUT2D eigenvalue weighted by Crippen LogP contribution is -2.16. The van der Waals surface area contributed by atoms with Crippen LogP contribution in [0.2, 0.25) is 0 Å². The number of aromatic nitrogens is 4. The first-order valence-electron chi connectivity index (χ1n) is 6.03. The molecule has 0 amide bonds. The minimum absolute atomic E-state index is 0.252. The normalized spacial score (nSPS) is 11.8. The second-order valence-electron chi connectivity index (χ2n) is 4.43. The molecule has 0 saturated heterocycles. The van der Waals surface area contributed by atoms with Gasteiger partial charge < -0.3 is 0 Å². The highest BCUT2D eigenvalue weighted by Gasteiger charge is 2.23. The standard InChI is InChI=1S/C12H9F2N5O2S/c1-7-5-10-16-12(17-19(10)6-15-7)22(20,21)18-11-8(13)3-2-4-9(11)14/h2-6,18H,1H3. The van der Waals surface area contributed by atoms with E-state index in [1.165, 1.54) is 12.4 Å². The summed E-state index contributed by atoms with van der Waals surface area (Å²) >= 11 is 0. The molecular formula is C12H9F2N5O2S. The molecule has 0 atom stereocenters. The molecule has 3 aromatic rings. The Labute approximate surface area is 123 Å². The van der Waals surface area contributed by atoms with Gasteiger partial charge in [0.15, 0.2) is 5.65 Å². The van der Waals surface area contributed by atoms with Gasteiger partial charge in [-0.1, -0.05) is 6.07 Å². The number of rotatable bonds is 3. The van der Waals surface area contributed by atoms with E-state index in [0.717, 1.165) is 22.7 Å². The number of sulfonamides is 1. The second kappa shape index (κ2) is 4.98. The number of para-hydroxylation sites is 1. The van der Waals surface area contributed by atoms with Crippen molar-refractivity contribution < 1.29 is 17.2 Å². The van der Waals surface area contributed by atoms with Crippen molar-refractivity contribution in [1.29, 1.82) is 0 Å². The first-order chi connectivity index (χ1) is 10.4. The third-order valence-electron chi connectivity index (χ3n) is 2.79. The van der Waals surface area contributed by atoms with Crippen molar-refractivity contribution >= 4 is 21.4 Å². The summed E-state index contributed by atoms with van der Waals surface area (Å²) in [7, 11) is -4.33. The number of halogens is 2. The lowest BCUT2D eigenvalue weighted by Gasteiger charge is -2.06. The molecular weight excluding hydrogens is 316 g/mol. The topological polar surface area (TPSA) is 89.2 Å². The largest absolute Gasteiger partial charge is 0.299 e. The second-order valence-corrected chi connectivity index (χ2v) is 6.01. The van der Waals surface area contributed by atoms with Crippen LogP contribution in [0.15, 0.2) is 35.7 Å². The highest BCUT2D eigenvalue weighted by molar-refractivity contribution is 7.92. The zero-order valence-corrected chi connectivity index (χ0v) is 12.0. The number of benzene rings is 1. The van der Waals surface area contributed by atoms with E-state index < -0.39 is 32.5 Å². The number of nitrogens with zero attached hydrogens (tertiary/aromatic N) is 4. The molecule has 0 bridgehead atoms. The molecule has 0 saturated carbocycles. The number of aryl methyl sites for hydroxylation is 1. The van der Waals surface area contributed by atoms with Gasteiger partial charge in [0, 0.05) is 11.8 Å². The summed E-state index contributed by atoms with van der Waals surface area (Å²) in [6, 6.07) is 4.52. The molecule has 0 spiro atoms. The van der Waals surface area contributed by atoms with E-state index in [4.69, 9.17) is 0 Å². The van der Waals surface area contributed by atoms with Crippen LogP contribution in [0.5, 0.6) is 0 Å². The van der Waals surface area contributed by atoms with Crippen molar-refractivity contribution in [1.82, 2.24) is 19.6 Å². The molecule has 10 heteroatoms. The van der Waals surface area contributed by atoms with Gasteiger partial charge in [-0.05, 0) is 19.1 Å². The highest BCUT2D eigenvalue weighted by atomic mass is 32.2. The summed E-state index contributed by atoms with van der Waals surface area (Å²) in [5, 5.41) is 3.12. The van der Waals surface area contributed by atoms with Gasteiger partial charge in [0.2, 0.25) is 0 Å². The fraction of sp³-hybridized carbons (Fsp3) is 0.0833. The molecule has 0 fully saturated rings. The van der Waals surface area contributed by atoms with Crippen LogP contribution < -0.4 is 4.72 Å². The van der Waals surface area contributed by atoms with Gasteiger partial charge in [-0.15, -0.1) is 5.10 Å². The molecule has 0 unspecified atom stereocenters. The molecule has 0 aliphatic rings. The third-order valence-corrected chi connectivity index (χ3v) is 3.91. The minimum atomic E-state index is -4.33. The van der Waals surface area contributed by atoms with Crippen molar-refractivity contribution in [3.63, 3.8) is 0 Å². The van der Waals surface area contributed by atoms with Gasteiger partial charge in [0.1, 0.15) is 23.6 Å². The number of hydrogen-bond donors (Lipinski definition) is 1. The van der Waals surface area contributed by atoms with Gasteiger partial charge >= 0.3 is 0 Å². The molecule has 0 radical (unpaired) electrons. The summed E-state index contributed by atoms with van der Waals surface area (Å²) in [4.78, 5) is 7.76. The van der Waals surface area contributed by atoms with Crippen molar-refractivity contribution in [3.8, 4) is 0 Å². The van der Waals surface area contributed by atoms with Gasteiger partial charge in [-0.2, -0.15) is 13.4 Å². The van der Waals surface area contributed by atoms with Crippen LogP contribution in [0.25, 0.3) is 5.65 Å². The van der Waals surface area contributed by atoms with Crippen LogP contribution in [0, 0.1) is 18.6 Å². The van der Waals surface area contributed by atoms with Crippen LogP contribution in [0.3, 0.4) is 0 Å². The molecule has 0 aliphatic carbocycles. The van der Waals surface area contributed by atoms with Crippen LogP contribution in [-0.4, -0.2) is 28.0 Å². The van der Waals surface area contributed by atoms with Crippen LogP contribution in [0.1, 0.15) is 5.69 Å². The Bertz CT molecular complexity index is 951. The summed E-state index contributed by atoms with van der Waals surface area (Å²) in [6.07, 6.45) is 1.29. The van der Waals surface area contributed by atoms with E-state index in [0.29, 0.717) is 5.69 Å². The van der Waals surface area contributed by atoms with Gasteiger partial charge in [-0.3, -0.25) is 4.72 Å². The third kappa shape index (κ3) is 2.48. The van der Waals surface area contributed by atoms with Gasteiger partial charge in [0.05, 0.1) is 0 Å². The predicted molar refractivity (Wildman–Crippen MR) is 72.7 cm³/mol. The Morgan fingerprint density at radius 3 is 2.59 bits per heavy atom. The summed E-state index contributed by atoms with van der Waals surface area (Å²) in [5.41, 5.74) is 0.0921. The fourth-order valence-electron chi connectivity index (χ4n) is 1.76. The van der Waals surface area contributed by atoms with Crippen molar-refractivity contribution in [2.24, 2.45) is 0 Å². The average molecular weight is 325 g/mol. The molecule has 1 aromatic carbocycles. The lowest BCUT2D eigenvalue weighted by atomic mass is 10.3. The number of anilines is 1. The highest BCUT2D eigenvalue weighted by Crippen LogP contribution is 2.21. The summed E-state index contributed by atoms with van der Waals surface area (Å²) in [6.45, 7) is 1.70. The Hall–Kier alpha value is -2.62. The molecule has 22 heavy (non-hydrogen) atoms. The maximum absolute atomic E-state index is 13.5. The summed E-state index contributed by atoms with van der Waals surface area (Å²) in [5.74, 6) is -2.07. The van der Waals surface area contributed by atoms with Gasteiger partial charge in [0.25, 0.3) is 15.2 Å². The van der Waals surface area contributed by atoms with Gasteiger partial charge in [-0.25, -0.2) is 18.3 Å². The first kappa shape index (κ1) is 14.3. The smallest absolute Gasteiger partial charge is 0.271 e. The molecule has 1 N–H and O–H groups in total. The number of nitrogens with one attached hydrogen (secondary N) is 1. The zero-order valence-electron chi connectivity index (χ0n) is 11.2. The van der Waals surface area contributed by atoms with E-state index in [1.54, 1.807) is 6.92 Å². The summed E-state index contributed by atoms with van der Waals surface area (Å²) < 4.78 is 54.3. The molecule has 2 aromatic heterocycles. The van der Waals surface area contributed by atoms with E-state index in [2.05, 4.69) is 15.1 Å². The SMILES string of the molecule is Cc1cc2nc(S(=O)(=O)Nc3c(F)cccc3F)nn2cn1. The fourth-order valence-corrected chi connectivity index (χ4v) is 2.72. The Kier molecular flexibility index (Phi) is 3.24. The molecule has 0 aliphatic heterocycles. The molecule has 114 valence electrons. The minimum Gasteiger partial charge on any atom is -0.271 e. The van der Waals surface area contributed by atoms with Crippen molar-refractivity contribution in [2.75, 3.05) is 4.72 Å². The maximum atomic E-state index is 13.5. The number of fused-ring (bicyclic) bond motifs is 1. The average Bonchev–Trinajstić information content (AvgIpc) is 2.87. The Morgan fingerprint density at radius 1 is 1.23 bits per heavy atom. The van der Waals surface area contributed by atoms with E-state index >= 15 is 0 Å². The monoisotopic (exact) mass is 325 g/mol. The first-order valence-corrected chi connectivity index (χ1v) is 7.51. The van der Waals surface area contributed by atoms with Crippen LogP contribution in [0.4, 0.5) is 14.5 Å². The van der Waals surface area contributed by atoms with E-state index in [1.807, 2.05) is 4.72 Å². The molecule has 2 heterocycles. The predicted octanol–water partition coefficient (Wildman–Crippen LogP) is 1.51. The maximum Gasteiger partial charge on any atom is 0.299 e. The van der Waals surface area contributed by atoms with Crippen LogP contribution >= 0.6 is 0 Å². The lowest BCUT2D eigenvalue weighted by molar-refractivity contribution is 0.579. The molecule has 3 rings (SSSR count). The Morgan fingerprint density at radius 2 is 1.91 bits per heavy atom.